The molecule has 2 atom stereocenters. The van der Waals surface area contributed by atoms with E-state index in [4.69, 9.17) is 18.9 Å². The first kappa shape index (κ1) is 27.4. The lowest BCUT2D eigenvalue weighted by Gasteiger charge is -2.36. The third-order valence-corrected chi connectivity index (χ3v) is 6.94. The maximum atomic E-state index is 10.2. The standard InChI is InChI=1S/C31H34N2O4/c1-6-17-31(20-32,21-33)26-10-8-7-9-25(26)24(23-13-16-28(35-3)30(19-23)37-5)14-11-22-12-15-27(34-2)29(18-22)36-4/h6,10-16,18-19,24-25H,1,7-9,17H2,2-5H3/b14-11+. The number of nitrogens with zero attached hydrogens (tertiary/aromatic N) is 2. The fourth-order valence-electron chi connectivity index (χ4n) is 5.05. The van der Waals surface area contributed by atoms with E-state index in [0.717, 1.165) is 36.0 Å². The van der Waals surface area contributed by atoms with Gasteiger partial charge >= 0.3 is 0 Å². The van der Waals surface area contributed by atoms with Gasteiger partial charge in [0.2, 0.25) is 0 Å². The number of benzene rings is 2. The highest BCUT2D eigenvalue weighted by Crippen LogP contribution is 2.48. The zero-order chi connectivity index (χ0) is 26.8. The summed E-state index contributed by atoms with van der Waals surface area (Å²) in [6.45, 7) is 3.82. The average molecular weight is 499 g/mol. The lowest BCUT2D eigenvalue weighted by molar-refractivity contribution is 0.353. The number of rotatable bonds is 11. The highest BCUT2D eigenvalue weighted by molar-refractivity contribution is 5.58. The van der Waals surface area contributed by atoms with Gasteiger partial charge in [0, 0.05) is 12.3 Å². The van der Waals surface area contributed by atoms with Crippen molar-refractivity contribution >= 4 is 6.08 Å². The number of methoxy groups -OCH3 is 4. The Balaban J connectivity index is 2.15. The summed E-state index contributed by atoms with van der Waals surface area (Å²) in [7, 11) is 6.44. The van der Waals surface area contributed by atoms with Crippen molar-refractivity contribution in [2.45, 2.75) is 31.6 Å². The molecule has 0 fully saturated rings. The lowest BCUT2D eigenvalue weighted by Crippen LogP contribution is -2.29. The van der Waals surface area contributed by atoms with Gasteiger partial charge in [0.25, 0.3) is 0 Å². The maximum absolute atomic E-state index is 10.2. The minimum absolute atomic E-state index is 0.0532. The summed E-state index contributed by atoms with van der Waals surface area (Å²) in [5.41, 5.74) is 1.57. The number of ether oxygens (including phenoxy) is 4. The van der Waals surface area contributed by atoms with E-state index in [0.29, 0.717) is 23.0 Å². The molecule has 192 valence electrons. The van der Waals surface area contributed by atoms with Crippen LogP contribution in [0.2, 0.25) is 0 Å². The predicted molar refractivity (Wildman–Crippen MR) is 145 cm³/mol. The van der Waals surface area contributed by atoms with E-state index >= 15 is 0 Å². The molecular weight excluding hydrogens is 464 g/mol. The molecule has 37 heavy (non-hydrogen) atoms. The van der Waals surface area contributed by atoms with Crippen LogP contribution >= 0.6 is 0 Å². The van der Waals surface area contributed by atoms with Gasteiger partial charge < -0.3 is 18.9 Å². The molecule has 6 nitrogen and oxygen atoms in total. The molecule has 0 N–H and O–H groups in total. The van der Waals surface area contributed by atoms with Crippen molar-refractivity contribution < 1.29 is 18.9 Å². The van der Waals surface area contributed by atoms with Crippen LogP contribution in [0.4, 0.5) is 0 Å². The Hall–Kier alpha value is -4.16. The van der Waals surface area contributed by atoms with E-state index in [1.54, 1.807) is 34.5 Å². The minimum Gasteiger partial charge on any atom is -0.493 e. The van der Waals surface area contributed by atoms with E-state index in [-0.39, 0.29) is 18.3 Å². The Bertz CT molecular complexity index is 1230. The molecule has 2 aromatic rings. The van der Waals surface area contributed by atoms with Crippen LogP contribution in [0, 0.1) is 34.0 Å². The number of hydrogen-bond donors (Lipinski definition) is 0. The number of nitriles is 2. The quantitative estimate of drug-likeness (QED) is 0.315. The maximum Gasteiger partial charge on any atom is 0.168 e. The predicted octanol–water partition coefficient (Wildman–Crippen LogP) is 6.85. The van der Waals surface area contributed by atoms with Gasteiger partial charge in [-0.1, -0.05) is 36.4 Å². The van der Waals surface area contributed by atoms with Crippen LogP contribution in [0.5, 0.6) is 23.0 Å². The van der Waals surface area contributed by atoms with Gasteiger partial charge in [-0.05, 0) is 66.1 Å². The first-order chi connectivity index (χ1) is 18.0. The molecule has 0 heterocycles. The van der Waals surface area contributed by atoms with Crippen molar-refractivity contribution in [1.82, 2.24) is 0 Å². The molecule has 2 aromatic carbocycles. The van der Waals surface area contributed by atoms with Gasteiger partial charge in [0.1, 0.15) is 0 Å². The molecule has 0 amide bonds. The average Bonchev–Trinajstić information content (AvgIpc) is 2.96. The minimum atomic E-state index is -1.25. The fourth-order valence-corrected chi connectivity index (χ4v) is 5.05. The van der Waals surface area contributed by atoms with Gasteiger partial charge in [-0.3, -0.25) is 0 Å². The SMILES string of the molecule is C=CCC(C#N)(C#N)C1=CCCCC1C(/C=C/c1ccc(OC)c(OC)c1)c1ccc(OC)c(OC)c1. The Kier molecular flexibility index (Phi) is 9.41. The zero-order valence-electron chi connectivity index (χ0n) is 22.0. The molecule has 0 radical (unpaired) electrons. The smallest absolute Gasteiger partial charge is 0.168 e. The molecule has 2 unspecified atom stereocenters. The second-order valence-corrected chi connectivity index (χ2v) is 8.93. The first-order valence-corrected chi connectivity index (χ1v) is 12.3. The summed E-state index contributed by atoms with van der Waals surface area (Å²) in [6, 6.07) is 16.3. The largest absolute Gasteiger partial charge is 0.493 e. The molecule has 1 aliphatic rings. The second kappa shape index (κ2) is 12.7. The second-order valence-electron chi connectivity index (χ2n) is 8.93. The van der Waals surface area contributed by atoms with E-state index < -0.39 is 5.41 Å². The molecule has 0 saturated carbocycles. The van der Waals surface area contributed by atoms with Crippen LogP contribution in [0.3, 0.4) is 0 Å². The molecule has 0 spiro atoms. The van der Waals surface area contributed by atoms with Crippen LogP contribution in [0.1, 0.15) is 42.7 Å². The van der Waals surface area contributed by atoms with Gasteiger partial charge in [-0.15, -0.1) is 6.58 Å². The van der Waals surface area contributed by atoms with Crippen LogP contribution in [0.15, 0.2) is 66.8 Å². The zero-order valence-corrected chi connectivity index (χ0v) is 22.0. The summed E-state index contributed by atoms with van der Waals surface area (Å²) >= 11 is 0. The molecule has 6 heteroatoms. The normalized spacial score (nSPS) is 16.2. The van der Waals surface area contributed by atoms with Gasteiger partial charge in [-0.2, -0.15) is 10.5 Å². The van der Waals surface area contributed by atoms with Crippen LogP contribution in [0.25, 0.3) is 6.08 Å². The van der Waals surface area contributed by atoms with Crippen molar-refractivity contribution in [1.29, 1.82) is 10.5 Å². The summed E-state index contributed by atoms with van der Waals surface area (Å²) < 4.78 is 21.9. The lowest BCUT2D eigenvalue weighted by atomic mass is 9.65. The van der Waals surface area contributed by atoms with E-state index in [1.165, 1.54) is 0 Å². The van der Waals surface area contributed by atoms with Crippen LogP contribution < -0.4 is 18.9 Å². The van der Waals surface area contributed by atoms with Gasteiger partial charge in [0.05, 0.1) is 40.6 Å². The highest BCUT2D eigenvalue weighted by Gasteiger charge is 2.41. The molecule has 1 aliphatic carbocycles. The van der Waals surface area contributed by atoms with E-state index in [2.05, 4.69) is 30.9 Å². The fraction of sp³-hybridized carbons (Fsp3) is 0.355. The summed E-state index contributed by atoms with van der Waals surface area (Å²) in [4.78, 5) is 0. The van der Waals surface area contributed by atoms with Crippen molar-refractivity contribution in [3.63, 3.8) is 0 Å². The highest BCUT2D eigenvalue weighted by atomic mass is 16.5. The summed E-state index contributed by atoms with van der Waals surface area (Å²) in [5.74, 6) is 2.40. The van der Waals surface area contributed by atoms with E-state index in [1.807, 2.05) is 42.5 Å². The van der Waals surface area contributed by atoms with Crippen LogP contribution in [-0.2, 0) is 0 Å². The number of hydrogen-bond acceptors (Lipinski definition) is 6. The molecule has 0 aliphatic heterocycles. The monoisotopic (exact) mass is 498 g/mol. The molecule has 0 bridgehead atoms. The Morgan fingerprint density at radius 3 is 2.16 bits per heavy atom. The topological polar surface area (TPSA) is 84.5 Å². The van der Waals surface area contributed by atoms with Gasteiger partial charge in [-0.25, -0.2) is 0 Å². The van der Waals surface area contributed by atoms with Crippen LogP contribution in [-0.4, -0.2) is 28.4 Å². The number of allylic oxidation sites excluding steroid dienone is 4. The van der Waals surface area contributed by atoms with Crippen molar-refractivity contribution in [3.05, 3.63) is 77.9 Å². The Morgan fingerprint density at radius 1 is 0.946 bits per heavy atom. The van der Waals surface area contributed by atoms with Crippen molar-refractivity contribution in [2.24, 2.45) is 11.3 Å². The van der Waals surface area contributed by atoms with Crippen molar-refractivity contribution in [3.8, 4) is 35.1 Å². The molecule has 0 saturated heterocycles. The summed E-state index contributed by atoms with van der Waals surface area (Å²) in [5, 5.41) is 20.3. The molecule has 0 aromatic heterocycles. The third kappa shape index (κ3) is 5.81. The molecule has 3 rings (SSSR count). The third-order valence-electron chi connectivity index (χ3n) is 6.94. The Labute approximate surface area is 220 Å². The van der Waals surface area contributed by atoms with E-state index in [9.17, 15) is 10.5 Å². The van der Waals surface area contributed by atoms with Crippen molar-refractivity contribution in [2.75, 3.05) is 28.4 Å². The van der Waals surface area contributed by atoms with Gasteiger partial charge in [0.15, 0.2) is 28.4 Å². The molecular formula is C31H34N2O4. The first-order valence-electron chi connectivity index (χ1n) is 12.3. The Morgan fingerprint density at radius 2 is 1.57 bits per heavy atom. The summed E-state index contributed by atoms with van der Waals surface area (Å²) in [6.07, 6.45) is 10.9.